The zero-order chi connectivity index (χ0) is 19.7. The first-order valence-corrected chi connectivity index (χ1v) is 9.14. The van der Waals surface area contributed by atoms with Gasteiger partial charge in [0.2, 0.25) is 0 Å². The Morgan fingerprint density at radius 3 is 2.93 bits per heavy atom. The van der Waals surface area contributed by atoms with Gasteiger partial charge in [0.15, 0.2) is 11.3 Å². The zero-order valence-corrected chi connectivity index (χ0v) is 15.5. The smallest absolute Gasteiger partial charge is 0.271 e. The number of pyridine rings is 1. The summed E-state index contributed by atoms with van der Waals surface area (Å²) in [6.07, 6.45) is 9.77. The van der Waals surface area contributed by atoms with Gasteiger partial charge in [-0.1, -0.05) is 12.8 Å². The first kappa shape index (κ1) is 17.8. The van der Waals surface area contributed by atoms with Crippen LogP contribution in [0.15, 0.2) is 30.6 Å². The van der Waals surface area contributed by atoms with E-state index in [4.69, 9.17) is 12.2 Å². The first-order chi connectivity index (χ1) is 13.6. The average Bonchev–Trinajstić information content (AvgIpc) is 3.18. The average molecular weight is 375 g/mol. The molecule has 0 saturated carbocycles. The van der Waals surface area contributed by atoms with Crippen LogP contribution in [0.3, 0.4) is 0 Å². The number of carbonyl (C=O) groups excluding carboxylic acids is 1. The topological polar surface area (TPSA) is 113 Å². The number of piperidine rings is 1. The van der Waals surface area contributed by atoms with Gasteiger partial charge in [-0.05, 0) is 30.5 Å². The number of H-pyrrole nitrogens is 1. The van der Waals surface area contributed by atoms with E-state index in [0.717, 1.165) is 36.3 Å². The predicted octanol–water partition coefficient (Wildman–Crippen LogP) is 1.76. The van der Waals surface area contributed by atoms with Crippen molar-refractivity contribution < 1.29 is 4.79 Å². The third-order valence-electron chi connectivity index (χ3n) is 5.19. The van der Waals surface area contributed by atoms with Crippen LogP contribution in [0.25, 0.3) is 11.0 Å². The third kappa shape index (κ3) is 3.22. The van der Waals surface area contributed by atoms with E-state index < -0.39 is 5.91 Å². The van der Waals surface area contributed by atoms with Crippen LogP contribution in [0.1, 0.15) is 29.4 Å². The Kier molecular flexibility index (Phi) is 4.57. The van der Waals surface area contributed by atoms with Crippen molar-refractivity contribution in [2.24, 2.45) is 11.7 Å². The van der Waals surface area contributed by atoms with Crippen molar-refractivity contribution in [2.45, 2.75) is 19.4 Å². The van der Waals surface area contributed by atoms with E-state index in [2.05, 4.69) is 43.2 Å². The first-order valence-electron chi connectivity index (χ1n) is 9.14. The highest BCUT2D eigenvalue weighted by atomic mass is 16.1. The van der Waals surface area contributed by atoms with Crippen LogP contribution < -0.4 is 16.0 Å². The highest BCUT2D eigenvalue weighted by Crippen LogP contribution is 2.29. The minimum Gasteiger partial charge on any atom is -0.379 e. The van der Waals surface area contributed by atoms with Crippen molar-refractivity contribution in [3.8, 4) is 12.3 Å². The van der Waals surface area contributed by atoms with E-state index in [1.807, 2.05) is 18.2 Å². The summed E-state index contributed by atoms with van der Waals surface area (Å²) in [4.78, 5) is 21.6. The molecule has 2 atom stereocenters. The molecule has 1 aliphatic rings. The normalized spacial score (nSPS) is 19.4. The summed E-state index contributed by atoms with van der Waals surface area (Å²) in [7, 11) is 0. The maximum absolute atomic E-state index is 11.8. The van der Waals surface area contributed by atoms with Crippen molar-refractivity contribution in [1.82, 2.24) is 20.2 Å². The molecular formula is C20H21N7O. The SMILES string of the molecule is C#Cc1ccc(N2CC[C@@H](Nc3c(C(N)=O)nnc4[nH]ccc34)[C@@H](C)C2)nc1. The molecule has 4 heterocycles. The number of aromatic amines is 1. The van der Waals surface area contributed by atoms with Gasteiger partial charge in [0.25, 0.3) is 5.91 Å². The molecule has 0 aromatic carbocycles. The second-order valence-electron chi connectivity index (χ2n) is 7.04. The lowest BCUT2D eigenvalue weighted by molar-refractivity contribution is 0.0995. The van der Waals surface area contributed by atoms with Crippen LogP contribution in [0.5, 0.6) is 0 Å². The quantitative estimate of drug-likeness (QED) is 0.599. The summed E-state index contributed by atoms with van der Waals surface area (Å²) in [5.74, 6) is 3.22. The summed E-state index contributed by atoms with van der Waals surface area (Å²) >= 11 is 0. The van der Waals surface area contributed by atoms with E-state index in [0.29, 0.717) is 17.3 Å². The summed E-state index contributed by atoms with van der Waals surface area (Å²) in [5, 5.41) is 12.3. The Labute approximate surface area is 162 Å². The second kappa shape index (κ2) is 7.19. The second-order valence-corrected chi connectivity index (χ2v) is 7.04. The number of aromatic nitrogens is 4. The molecule has 3 aromatic heterocycles. The van der Waals surface area contributed by atoms with Crippen LogP contribution >= 0.6 is 0 Å². The Morgan fingerprint density at radius 2 is 2.25 bits per heavy atom. The van der Waals surface area contributed by atoms with E-state index in [-0.39, 0.29) is 11.7 Å². The highest BCUT2D eigenvalue weighted by molar-refractivity contribution is 6.04. The number of nitrogens with two attached hydrogens (primary N) is 1. The maximum atomic E-state index is 11.8. The summed E-state index contributed by atoms with van der Waals surface area (Å²) in [6.45, 7) is 3.85. The van der Waals surface area contributed by atoms with Crippen LogP contribution in [-0.2, 0) is 0 Å². The van der Waals surface area contributed by atoms with Crippen molar-refractivity contribution in [3.05, 3.63) is 41.9 Å². The number of hydrogen-bond donors (Lipinski definition) is 3. The lowest BCUT2D eigenvalue weighted by Gasteiger charge is -2.38. The Balaban J connectivity index is 1.54. The van der Waals surface area contributed by atoms with Crippen LogP contribution in [0.2, 0.25) is 0 Å². The molecule has 8 heteroatoms. The van der Waals surface area contributed by atoms with Crippen molar-refractivity contribution in [2.75, 3.05) is 23.3 Å². The molecule has 1 amide bonds. The molecule has 1 fully saturated rings. The number of hydrogen-bond acceptors (Lipinski definition) is 6. The molecule has 0 bridgehead atoms. The predicted molar refractivity (Wildman–Crippen MR) is 108 cm³/mol. The van der Waals surface area contributed by atoms with Crippen molar-refractivity contribution in [3.63, 3.8) is 0 Å². The molecule has 0 radical (unpaired) electrons. The fraction of sp³-hybridized carbons (Fsp3) is 0.300. The maximum Gasteiger partial charge on any atom is 0.271 e. The summed E-state index contributed by atoms with van der Waals surface area (Å²) < 4.78 is 0. The third-order valence-corrected chi connectivity index (χ3v) is 5.19. The van der Waals surface area contributed by atoms with Crippen LogP contribution in [-0.4, -0.2) is 45.2 Å². The molecule has 0 aliphatic carbocycles. The Bertz CT molecular complexity index is 1050. The van der Waals surface area contributed by atoms with Gasteiger partial charge >= 0.3 is 0 Å². The van der Waals surface area contributed by atoms with E-state index in [1.165, 1.54) is 0 Å². The van der Waals surface area contributed by atoms with Crippen LogP contribution in [0, 0.1) is 18.3 Å². The van der Waals surface area contributed by atoms with E-state index in [1.54, 1.807) is 12.4 Å². The van der Waals surface area contributed by atoms with Gasteiger partial charge in [0.1, 0.15) is 5.82 Å². The number of terminal acetylenes is 1. The molecule has 0 spiro atoms. The van der Waals surface area contributed by atoms with Gasteiger partial charge in [0, 0.05) is 42.5 Å². The number of rotatable bonds is 4. The molecule has 142 valence electrons. The van der Waals surface area contributed by atoms with Crippen molar-refractivity contribution >= 4 is 28.4 Å². The summed E-state index contributed by atoms with van der Waals surface area (Å²) in [6, 6.07) is 5.90. The fourth-order valence-corrected chi connectivity index (χ4v) is 3.65. The van der Waals surface area contributed by atoms with Crippen LogP contribution in [0.4, 0.5) is 11.5 Å². The number of carbonyl (C=O) groups is 1. The molecule has 8 nitrogen and oxygen atoms in total. The molecule has 4 rings (SSSR count). The van der Waals surface area contributed by atoms with Gasteiger partial charge in [-0.2, -0.15) is 0 Å². The Morgan fingerprint density at radius 1 is 1.39 bits per heavy atom. The molecule has 3 aromatic rings. The van der Waals surface area contributed by atoms with Gasteiger partial charge in [-0.3, -0.25) is 4.79 Å². The number of primary amides is 1. The number of fused-ring (bicyclic) bond motifs is 1. The highest BCUT2D eigenvalue weighted by Gasteiger charge is 2.28. The van der Waals surface area contributed by atoms with Gasteiger partial charge in [-0.15, -0.1) is 16.6 Å². The number of anilines is 2. The molecule has 0 unspecified atom stereocenters. The molecule has 1 aliphatic heterocycles. The standard InChI is InChI=1S/C20H21N7O/c1-3-13-4-5-16(23-10-13)27-9-7-15(12(2)11-27)24-17-14-6-8-22-20(14)26-25-18(17)19(21)28/h1,4-6,8,10,12,15H,7,9,11H2,2H3,(H2,21,28)(H2,22,24,26)/t12-,15+/m0/s1. The minimum absolute atomic E-state index is 0.160. The Hall–Kier alpha value is -3.60. The summed E-state index contributed by atoms with van der Waals surface area (Å²) in [5.41, 5.74) is 7.71. The van der Waals surface area contributed by atoms with Gasteiger partial charge < -0.3 is 20.9 Å². The number of nitrogens with zero attached hydrogens (tertiary/aromatic N) is 4. The number of nitrogens with one attached hydrogen (secondary N) is 2. The minimum atomic E-state index is -0.596. The van der Waals surface area contributed by atoms with Crippen molar-refractivity contribution in [1.29, 1.82) is 0 Å². The molecule has 4 N–H and O–H groups in total. The monoisotopic (exact) mass is 375 g/mol. The van der Waals surface area contributed by atoms with E-state index in [9.17, 15) is 4.79 Å². The largest absolute Gasteiger partial charge is 0.379 e. The number of amides is 1. The van der Waals surface area contributed by atoms with Gasteiger partial charge in [0.05, 0.1) is 5.69 Å². The fourth-order valence-electron chi connectivity index (χ4n) is 3.65. The molecular weight excluding hydrogens is 354 g/mol. The zero-order valence-electron chi connectivity index (χ0n) is 15.5. The van der Waals surface area contributed by atoms with Gasteiger partial charge in [-0.25, -0.2) is 4.98 Å². The van der Waals surface area contributed by atoms with E-state index >= 15 is 0 Å². The molecule has 1 saturated heterocycles. The lowest BCUT2D eigenvalue weighted by Crippen LogP contribution is -2.45. The molecule has 28 heavy (non-hydrogen) atoms. The lowest BCUT2D eigenvalue weighted by atomic mass is 9.93.